The Morgan fingerprint density at radius 2 is 1.94 bits per heavy atom. The van der Waals surface area contributed by atoms with E-state index in [4.69, 9.17) is 19.3 Å². The second kappa shape index (κ2) is 9.77. The number of benzene rings is 1. The Kier molecular flexibility index (Phi) is 7.08. The lowest BCUT2D eigenvalue weighted by molar-refractivity contribution is -0.192. The minimum atomic E-state index is -5.08. The van der Waals surface area contributed by atoms with E-state index < -0.39 is 12.1 Å². The van der Waals surface area contributed by atoms with Gasteiger partial charge in [-0.25, -0.2) is 9.78 Å². The lowest BCUT2D eigenvalue weighted by Crippen LogP contribution is -2.26. The third-order valence-electron chi connectivity index (χ3n) is 4.63. The highest BCUT2D eigenvalue weighted by atomic mass is 19.4. The maximum Gasteiger partial charge on any atom is 0.490 e. The summed E-state index contributed by atoms with van der Waals surface area (Å²) in [4.78, 5) is 18.7. The molecule has 0 radical (unpaired) electrons. The molecule has 0 saturated heterocycles. The zero-order valence-electron chi connectivity index (χ0n) is 17.3. The maximum atomic E-state index is 10.6. The number of halogens is 3. The summed E-state index contributed by atoms with van der Waals surface area (Å²) in [6.45, 7) is 5.45. The Labute approximate surface area is 181 Å². The average Bonchev–Trinajstić information content (AvgIpc) is 3.36. The van der Waals surface area contributed by atoms with Gasteiger partial charge in [-0.05, 0) is 31.0 Å². The SMILES string of the molecule is Cc1ccc(C2=NOC(CNCc3cnc4onc(C)c4c3)C2)cc1.O=C(O)C(F)(F)F. The second-order valence-electron chi connectivity index (χ2n) is 7.23. The molecule has 1 aromatic carbocycles. The highest BCUT2D eigenvalue weighted by Gasteiger charge is 2.38. The molecule has 8 nitrogen and oxygen atoms in total. The van der Waals surface area contributed by atoms with Gasteiger partial charge in [0.15, 0.2) is 0 Å². The van der Waals surface area contributed by atoms with Gasteiger partial charge in [-0.1, -0.05) is 40.1 Å². The zero-order valence-corrected chi connectivity index (χ0v) is 17.3. The summed E-state index contributed by atoms with van der Waals surface area (Å²) in [5.41, 5.74) is 5.92. The van der Waals surface area contributed by atoms with Crippen LogP contribution in [0, 0.1) is 13.8 Å². The first-order valence-electron chi connectivity index (χ1n) is 9.65. The average molecular weight is 450 g/mol. The van der Waals surface area contributed by atoms with Gasteiger partial charge in [0, 0.05) is 25.7 Å². The number of hydrogen-bond acceptors (Lipinski definition) is 7. The fourth-order valence-corrected chi connectivity index (χ4v) is 2.92. The summed E-state index contributed by atoms with van der Waals surface area (Å²) >= 11 is 0. The van der Waals surface area contributed by atoms with Crippen molar-refractivity contribution in [2.45, 2.75) is 39.1 Å². The van der Waals surface area contributed by atoms with E-state index in [-0.39, 0.29) is 6.10 Å². The number of hydrogen-bond donors (Lipinski definition) is 2. The predicted octanol–water partition coefficient (Wildman–Crippen LogP) is 3.76. The minimum absolute atomic E-state index is 0.0605. The number of carboxylic acids is 1. The molecule has 4 rings (SSSR count). The van der Waals surface area contributed by atoms with Crippen LogP contribution in [0.4, 0.5) is 13.2 Å². The third kappa shape index (κ3) is 6.03. The van der Waals surface area contributed by atoms with Crippen molar-refractivity contribution >= 4 is 22.8 Å². The van der Waals surface area contributed by atoms with E-state index in [0.29, 0.717) is 12.3 Å². The van der Waals surface area contributed by atoms with Crippen LogP contribution in [0.25, 0.3) is 11.1 Å². The highest BCUT2D eigenvalue weighted by molar-refractivity contribution is 6.01. The number of carboxylic acid groups (broad SMARTS) is 1. The first-order chi connectivity index (χ1) is 15.1. The number of fused-ring (bicyclic) bond motifs is 1. The van der Waals surface area contributed by atoms with Crippen LogP contribution in [0.15, 0.2) is 46.2 Å². The standard InChI is InChI=1S/C19H20N4O2.C2HF3O2/c1-12-3-5-15(6-4-12)18-8-16(24-23-18)11-20-9-14-7-17-13(2)22-25-19(17)21-10-14;3-2(4,5)1(6)7/h3-7,10,16,20H,8-9,11H2,1-2H3;(H,6,7). The molecule has 0 amide bonds. The molecule has 1 unspecified atom stereocenters. The van der Waals surface area contributed by atoms with Crippen LogP contribution >= 0.6 is 0 Å². The van der Waals surface area contributed by atoms with E-state index in [1.807, 2.05) is 13.1 Å². The van der Waals surface area contributed by atoms with Gasteiger partial charge in [0.2, 0.25) is 0 Å². The number of rotatable bonds is 5. The van der Waals surface area contributed by atoms with Crippen LogP contribution in [-0.4, -0.2) is 45.8 Å². The molecule has 0 fully saturated rings. The second-order valence-corrected chi connectivity index (χ2v) is 7.23. The zero-order chi connectivity index (χ0) is 23.3. The van der Waals surface area contributed by atoms with E-state index in [0.717, 1.165) is 40.9 Å². The Hall–Kier alpha value is -3.47. The summed E-state index contributed by atoms with van der Waals surface area (Å²) in [6.07, 6.45) is -2.40. The molecule has 0 saturated carbocycles. The summed E-state index contributed by atoms with van der Waals surface area (Å²) in [5.74, 6) is -2.76. The number of nitrogens with one attached hydrogen (secondary N) is 1. The van der Waals surface area contributed by atoms with Gasteiger partial charge in [-0.2, -0.15) is 13.2 Å². The molecule has 0 spiro atoms. The number of aliphatic carboxylic acids is 1. The number of aromatic nitrogens is 2. The summed E-state index contributed by atoms with van der Waals surface area (Å²) in [7, 11) is 0. The van der Waals surface area contributed by atoms with Crippen molar-refractivity contribution in [3.05, 3.63) is 58.9 Å². The Morgan fingerprint density at radius 1 is 1.25 bits per heavy atom. The van der Waals surface area contributed by atoms with E-state index >= 15 is 0 Å². The number of alkyl halides is 3. The van der Waals surface area contributed by atoms with Gasteiger partial charge in [0.25, 0.3) is 5.71 Å². The monoisotopic (exact) mass is 450 g/mol. The number of carbonyl (C=O) groups is 1. The predicted molar refractivity (Wildman–Crippen MR) is 109 cm³/mol. The third-order valence-corrected chi connectivity index (χ3v) is 4.63. The lowest BCUT2D eigenvalue weighted by Gasteiger charge is -2.09. The van der Waals surface area contributed by atoms with Crippen molar-refractivity contribution in [3.63, 3.8) is 0 Å². The normalized spacial score (nSPS) is 15.7. The Morgan fingerprint density at radius 3 is 2.59 bits per heavy atom. The lowest BCUT2D eigenvalue weighted by atomic mass is 10.0. The number of nitrogens with zero attached hydrogens (tertiary/aromatic N) is 3. The molecule has 32 heavy (non-hydrogen) atoms. The fourth-order valence-electron chi connectivity index (χ4n) is 2.92. The molecule has 0 bridgehead atoms. The van der Waals surface area contributed by atoms with Gasteiger partial charge in [0.1, 0.15) is 6.10 Å². The Bertz CT molecular complexity index is 1110. The van der Waals surface area contributed by atoms with Gasteiger partial charge in [-0.3, -0.25) is 0 Å². The van der Waals surface area contributed by atoms with Crippen LogP contribution in [0.3, 0.4) is 0 Å². The van der Waals surface area contributed by atoms with E-state index in [2.05, 4.69) is 57.9 Å². The molecule has 2 N–H and O–H groups in total. The van der Waals surface area contributed by atoms with Crippen molar-refractivity contribution in [3.8, 4) is 0 Å². The Balaban J connectivity index is 0.000000360. The van der Waals surface area contributed by atoms with Crippen molar-refractivity contribution < 1.29 is 32.4 Å². The summed E-state index contributed by atoms with van der Waals surface area (Å²) < 4.78 is 36.9. The molecule has 0 aliphatic carbocycles. The molecular weight excluding hydrogens is 429 g/mol. The molecule has 3 heterocycles. The quantitative estimate of drug-likeness (QED) is 0.609. The first-order valence-corrected chi connectivity index (χ1v) is 9.65. The van der Waals surface area contributed by atoms with Gasteiger partial charge < -0.3 is 19.8 Å². The topological polar surface area (TPSA) is 110 Å². The molecule has 2 aromatic heterocycles. The van der Waals surface area contributed by atoms with Gasteiger partial charge in [-0.15, -0.1) is 0 Å². The van der Waals surface area contributed by atoms with Crippen LogP contribution in [0.2, 0.25) is 0 Å². The van der Waals surface area contributed by atoms with Gasteiger partial charge >= 0.3 is 12.1 Å². The molecular formula is C21H21F3N4O4. The highest BCUT2D eigenvalue weighted by Crippen LogP contribution is 2.18. The van der Waals surface area contributed by atoms with Crippen molar-refractivity contribution in [1.82, 2.24) is 15.5 Å². The van der Waals surface area contributed by atoms with E-state index in [1.165, 1.54) is 5.56 Å². The van der Waals surface area contributed by atoms with E-state index in [1.54, 1.807) is 0 Å². The molecule has 1 aliphatic rings. The van der Waals surface area contributed by atoms with E-state index in [9.17, 15) is 13.2 Å². The van der Waals surface area contributed by atoms with Gasteiger partial charge in [0.05, 0.1) is 16.8 Å². The van der Waals surface area contributed by atoms with Crippen molar-refractivity contribution in [2.24, 2.45) is 5.16 Å². The molecule has 170 valence electrons. The summed E-state index contributed by atoms with van der Waals surface area (Å²) in [5, 5.41) is 19.7. The smallest absolute Gasteiger partial charge is 0.475 e. The first kappa shape index (κ1) is 23.2. The van der Waals surface area contributed by atoms with Crippen LogP contribution < -0.4 is 5.32 Å². The number of pyridine rings is 1. The maximum absolute atomic E-state index is 10.6. The van der Waals surface area contributed by atoms with Crippen LogP contribution in [0.1, 0.15) is 28.8 Å². The van der Waals surface area contributed by atoms with Crippen LogP contribution in [-0.2, 0) is 16.2 Å². The summed E-state index contributed by atoms with van der Waals surface area (Å²) in [6, 6.07) is 10.4. The van der Waals surface area contributed by atoms with Crippen molar-refractivity contribution in [2.75, 3.05) is 6.54 Å². The molecule has 1 aliphatic heterocycles. The molecule has 3 aromatic rings. The fraction of sp³-hybridized carbons (Fsp3) is 0.333. The molecule has 11 heteroatoms. The number of oxime groups is 1. The minimum Gasteiger partial charge on any atom is -0.475 e. The molecule has 1 atom stereocenters. The number of aryl methyl sites for hydroxylation is 2. The van der Waals surface area contributed by atoms with Crippen LogP contribution in [0.5, 0.6) is 0 Å². The van der Waals surface area contributed by atoms with Crippen molar-refractivity contribution in [1.29, 1.82) is 0 Å². The largest absolute Gasteiger partial charge is 0.490 e.